The van der Waals surface area contributed by atoms with E-state index in [2.05, 4.69) is 9.64 Å². The Morgan fingerprint density at radius 1 is 1.38 bits per heavy atom. The van der Waals surface area contributed by atoms with E-state index in [9.17, 15) is 4.79 Å². The van der Waals surface area contributed by atoms with Crippen molar-refractivity contribution in [2.45, 2.75) is 31.7 Å². The molecule has 2 saturated heterocycles. The minimum absolute atomic E-state index is 0.0902. The van der Waals surface area contributed by atoms with Gasteiger partial charge in [-0.25, -0.2) is 0 Å². The van der Waals surface area contributed by atoms with Crippen molar-refractivity contribution >= 4 is 5.97 Å². The van der Waals surface area contributed by atoms with Crippen molar-refractivity contribution in [3.63, 3.8) is 0 Å². The predicted molar refractivity (Wildman–Crippen MR) is 49.3 cm³/mol. The second-order valence-corrected chi connectivity index (χ2v) is 4.18. The van der Waals surface area contributed by atoms with E-state index in [1.165, 1.54) is 32.8 Å². The Balaban J connectivity index is 1.90. The van der Waals surface area contributed by atoms with Gasteiger partial charge in [-0.15, -0.1) is 0 Å². The topological polar surface area (TPSA) is 29.5 Å². The first-order valence-corrected chi connectivity index (χ1v) is 5.10. The van der Waals surface area contributed by atoms with E-state index in [4.69, 9.17) is 0 Å². The summed E-state index contributed by atoms with van der Waals surface area (Å²) in [5, 5.41) is 0. The number of hydrogen-bond donors (Lipinski definition) is 0. The molecule has 13 heavy (non-hydrogen) atoms. The number of piperidine rings is 2. The maximum Gasteiger partial charge on any atom is 0.319 e. The molecule has 3 rings (SSSR count). The van der Waals surface area contributed by atoms with E-state index in [1.54, 1.807) is 0 Å². The van der Waals surface area contributed by atoms with Gasteiger partial charge in [0.25, 0.3) is 0 Å². The quantitative estimate of drug-likeness (QED) is 0.599. The average Bonchev–Trinajstić information content (AvgIpc) is 2.19. The first-order valence-electron chi connectivity index (χ1n) is 5.10. The zero-order valence-corrected chi connectivity index (χ0v) is 8.16. The second-order valence-electron chi connectivity index (χ2n) is 4.18. The van der Waals surface area contributed by atoms with Crippen molar-refractivity contribution in [2.24, 2.45) is 5.92 Å². The van der Waals surface area contributed by atoms with Crippen LogP contribution in [0.15, 0.2) is 0 Å². The third-order valence-electron chi connectivity index (χ3n) is 3.39. The molecule has 0 spiro atoms. The van der Waals surface area contributed by atoms with Crippen LogP contribution in [0.3, 0.4) is 0 Å². The summed E-state index contributed by atoms with van der Waals surface area (Å²) < 4.78 is 4.68. The lowest BCUT2D eigenvalue weighted by atomic mass is 9.80. The predicted octanol–water partition coefficient (Wildman–Crippen LogP) is 1.03. The molecule has 1 saturated carbocycles. The lowest BCUT2D eigenvalue weighted by molar-refractivity contribution is -0.144. The molecule has 0 aromatic carbocycles. The molecular formula is C10H17NO2. The van der Waals surface area contributed by atoms with Crippen molar-refractivity contribution in [3.8, 4) is 0 Å². The molecule has 1 aliphatic carbocycles. The Morgan fingerprint density at radius 2 is 2.08 bits per heavy atom. The van der Waals surface area contributed by atoms with Gasteiger partial charge in [0.15, 0.2) is 0 Å². The van der Waals surface area contributed by atoms with E-state index in [0.717, 1.165) is 12.5 Å². The smallest absolute Gasteiger partial charge is 0.319 e. The summed E-state index contributed by atoms with van der Waals surface area (Å²) in [6.07, 6.45) is 5.29. The largest absolute Gasteiger partial charge is 0.468 e. The molecule has 0 unspecified atom stereocenters. The van der Waals surface area contributed by atoms with E-state index in [1.807, 2.05) is 0 Å². The van der Waals surface area contributed by atoms with Crippen molar-refractivity contribution in [1.82, 2.24) is 4.90 Å². The van der Waals surface area contributed by atoms with Crippen LogP contribution in [0.4, 0.5) is 0 Å². The van der Waals surface area contributed by atoms with Crippen LogP contribution in [0.2, 0.25) is 0 Å². The molecule has 74 valence electrons. The molecule has 0 radical (unpaired) electrons. The molecular weight excluding hydrogens is 166 g/mol. The molecule has 3 aliphatic rings. The fourth-order valence-corrected chi connectivity index (χ4v) is 2.60. The van der Waals surface area contributed by atoms with Crippen LogP contribution in [0, 0.1) is 5.92 Å². The zero-order chi connectivity index (χ0) is 9.26. The molecule has 0 N–H and O–H groups in total. The number of rotatable bonds is 2. The molecule has 3 fully saturated rings. The molecule has 0 aromatic heterocycles. The SMILES string of the molecule is COC(=O)CN1CC2CCC1CC2. The highest BCUT2D eigenvalue weighted by molar-refractivity contribution is 5.71. The van der Waals surface area contributed by atoms with Crippen LogP contribution in [0.1, 0.15) is 25.7 Å². The fourth-order valence-electron chi connectivity index (χ4n) is 2.60. The van der Waals surface area contributed by atoms with Gasteiger partial charge in [-0.3, -0.25) is 9.69 Å². The Kier molecular flexibility index (Phi) is 2.54. The van der Waals surface area contributed by atoms with Crippen LogP contribution in [-0.4, -0.2) is 37.1 Å². The first kappa shape index (κ1) is 9.00. The van der Waals surface area contributed by atoms with E-state index in [0.29, 0.717) is 12.6 Å². The number of methoxy groups -OCH3 is 1. The van der Waals surface area contributed by atoms with Crippen LogP contribution in [0.5, 0.6) is 0 Å². The van der Waals surface area contributed by atoms with E-state index < -0.39 is 0 Å². The molecule has 0 aromatic rings. The zero-order valence-electron chi connectivity index (χ0n) is 8.16. The van der Waals surface area contributed by atoms with Gasteiger partial charge in [0.05, 0.1) is 13.7 Å². The number of fused-ring (bicyclic) bond motifs is 3. The molecule has 3 nitrogen and oxygen atoms in total. The highest BCUT2D eigenvalue weighted by Crippen LogP contribution is 2.34. The van der Waals surface area contributed by atoms with Gasteiger partial charge in [0.1, 0.15) is 0 Å². The third-order valence-corrected chi connectivity index (χ3v) is 3.39. The van der Waals surface area contributed by atoms with Gasteiger partial charge in [0.2, 0.25) is 0 Å². The van der Waals surface area contributed by atoms with Gasteiger partial charge in [-0.1, -0.05) is 0 Å². The summed E-state index contributed by atoms with van der Waals surface area (Å²) in [7, 11) is 1.46. The van der Waals surface area contributed by atoms with Crippen LogP contribution < -0.4 is 0 Å². The van der Waals surface area contributed by atoms with E-state index >= 15 is 0 Å². The highest BCUT2D eigenvalue weighted by Gasteiger charge is 2.34. The molecule has 3 heteroatoms. The van der Waals surface area contributed by atoms with Crippen LogP contribution in [-0.2, 0) is 9.53 Å². The summed E-state index contributed by atoms with van der Waals surface area (Å²) in [6.45, 7) is 1.61. The normalized spacial score (nSPS) is 33.3. The molecule has 2 heterocycles. The summed E-state index contributed by atoms with van der Waals surface area (Å²) in [4.78, 5) is 13.4. The summed E-state index contributed by atoms with van der Waals surface area (Å²) in [6, 6.07) is 0.657. The fraction of sp³-hybridized carbons (Fsp3) is 0.900. The maximum atomic E-state index is 11.1. The number of carbonyl (C=O) groups excluding carboxylic acids is 1. The molecule has 0 atom stereocenters. The summed E-state index contributed by atoms with van der Waals surface area (Å²) in [5.74, 6) is 0.752. The number of nitrogens with zero attached hydrogens (tertiary/aromatic N) is 1. The molecule has 2 bridgehead atoms. The van der Waals surface area contributed by atoms with Crippen molar-refractivity contribution in [3.05, 3.63) is 0 Å². The van der Waals surface area contributed by atoms with Gasteiger partial charge in [0, 0.05) is 12.6 Å². The van der Waals surface area contributed by atoms with Crippen LogP contribution in [0.25, 0.3) is 0 Å². The van der Waals surface area contributed by atoms with Gasteiger partial charge < -0.3 is 4.74 Å². The van der Waals surface area contributed by atoms with Crippen molar-refractivity contribution in [2.75, 3.05) is 20.2 Å². The average molecular weight is 183 g/mol. The minimum atomic E-state index is -0.0902. The Labute approximate surface area is 79.0 Å². The Morgan fingerprint density at radius 3 is 2.54 bits per heavy atom. The standard InChI is InChI=1S/C10H17NO2/c1-13-10(12)7-11-6-8-2-4-9(11)5-3-8/h8-9H,2-7H2,1H3. The molecule has 0 amide bonds. The number of ether oxygens (including phenoxy) is 1. The maximum absolute atomic E-state index is 11.1. The lowest BCUT2D eigenvalue weighted by Gasteiger charge is -2.44. The Hall–Kier alpha value is -0.570. The highest BCUT2D eigenvalue weighted by atomic mass is 16.5. The minimum Gasteiger partial charge on any atom is -0.468 e. The van der Waals surface area contributed by atoms with Gasteiger partial charge in [-0.05, 0) is 31.6 Å². The van der Waals surface area contributed by atoms with E-state index in [-0.39, 0.29) is 5.97 Å². The third kappa shape index (κ3) is 1.85. The van der Waals surface area contributed by atoms with Crippen molar-refractivity contribution in [1.29, 1.82) is 0 Å². The summed E-state index contributed by atoms with van der Waals surface area (Å²) >= 11 is 0. The summed E-state index contributed by atoms with van der Waals surface area (Å²) in [5.41, 5.74) is 0. The number of esters is 1. The monoisotopic (exact) mass is 183 g/mol. The van der Waals surface area contributed by atoms with Crippen molar-refractivity contribution < 1.29 is 9.53 Å². The number of hydrogen-bond acceptors (Lipinski definition) is 3. The van der Waals surface area contributed by atoms with Gasteiger partial charge in [-0.2, -0.15) is 0 Å². The molecule has 2 aliphatic heterocycles. The van der Waals surface area contributed by atoms with Gasteiger partial charge >= 0.3 is 5.97 Å². The first-order chi connectivity index (χ1) is 6.29. The van der Waals surface area contributed by atoms with Crippen LogP contribution >= 0.6 is 0 Å². The Bertz CT molecular complexity index is 197. The second kappa shape index (κ2) is 3.66. The lowest BCUT2D eigenvalue weighted by Crippen LogP contribution is -2.49. The number of carbonyl (C=O) groups is 1.